The number of oxime groups is 1. The van der Waals surface area contributed by atoms with Gasteiger partial charge < -0.3 is 23.9 Å². The first-order valence-corrected chi connectivity index (χ1v) is 9.40. The highest BCUT2D eigenvalue weighted by molar-refractivity contribution is 6.01. The molecule has 0 saturated carbocycles. The molecule has 154 valence electrons. The molecule has 0 unspecified atom stereocenters. The molecule has 29 heavy (non-hydrogen) atoms. The minimum atomic E-state index is -0.220. The summed E-state index contributed by atoms with van der Waals surface area (Å²) in [5.41, 5.74) is 2.77. The van der Waals surface area contributed by atoms with Crippen molar-refractivity contribution in [2.75, 3.05) is 34.5 Å². The van der Waals surface area contributed by atoms with E-state index in [4.69, 9.17) is 19.0 Å². The molecule has 7 heteroatoms. The van der Waals surface area contributed by atoms with E-state index in [1.54, 1.807) is 19.1 Å². The van der Waals surface area contributed by atoms with Crippen molar-refractivity contribution in [1.82, 2.24) is 4.90 Å². The number of hydrogen-bond acceptors (Lipinski definition) is 6. The summed E-state index contributed by atoms with van der Waals surface area (Å²) in [6.07, 6.45) is 0.378. The van der Waals surface area contributed by atoms with E-state index in [1.807, 2.05) is 48.5 Å². The maximum absolute atomic E-state index is 12.5. The number of carbonyl (C=O) groups is 1. The number of rotatable bonds is 9. The molecule has 0 spiro atoms. The van der Waals surface area contributed by atoms with Gasteiger partial charge in [0.05, 0.1) is 26.5 Å². The summed E-state index contributed by atoms with van der Waals surface area (Å²) >= 11 is 0. The highest BCUT2D eigenvalue weighted by Crippen LogP contribution is 2.29. The van der Waals surface area contributed by atoms with Crippen LogP contribution in [0.2, 0.25) is 0 Å². The van der Waals surface area contributed by atoms with Crippen molar-refractivity contribution in [3.63, 3.8) is 0 Å². The Kier molecular flexibility index (Phi) is 7.08. The Morgan fingerprint density at radius 2 is 1.86 bits per heavy atom. The molecule has 0 fully saturated rings. The van der Waals surface area contributed by atoms with E-state index in [0.29, 0.717) is 31.0 Å². The van der Waals surface area contributed by atoms with E-state index in [9.17, 15) is 4.79 Å². The number of methoxy groups -OCH3 is 3. The lowest BCUT2D eigenvalue weighted by atomic mass is 10.0. The van der Waals surface area contributed by atoms with E-state index in [-0.39, 0.29) is 18.6 Å². The highest BCUT2D eigenvalue weighted by atomic mass is 16.6. The zero-order valence-corrected chi connectivity index (χ0v) is 17.0. The Balaban J connectivity index is 1.67. The molecule has 0 bridgehead atoms. The summed E-state index contributed by atoms with van der Waals surface area (Å²) in [4.78, 5) is 19.9. The van der Waals surface area contributed by atoms with Crippen molar-refractivity contribution in [3.8, 4) is 11.5 Å². The molecule has 2 aromatic rings. The van der Waals surface area contributed by atoms with Crippen LogP contribution < -0.4 is 9.47 Å². The van der Waals surface area contributed by atoms with Crippen LogP contribution in [0.1, 0.15) is 17.5 Å². The Morgan fingerprint density at radius 1 is 1.10 bits per heavy atom. The van der Waals surface area contributed by atoms with Crippen molar-refractivity contribution >= 4 is 11.6 Å². The number of ether oxygens (including phenoxy) is 3. The lowest BCUT2D eigenvalue weighted by Crippen LogP contribution is -2.39. The summed E-state index contributed by atoms with van der Waals surface area (Å²) < 4.78 is 15.7. The molecule has 1 atom stereocenters. The van der Waals surface area contributed by atoms with Crippen molar-refractivity contribution < 1.29 is 23.8 Å². The predicted molar refractivity (Wildman–Crippen MR) is 109 cm³/mol. The Morgan fingerprint density at radius 3 is 2.55 bits per heavy atom. The van der Waals surface area contributed by atoms with Crippen molar-refractivity contribution in [2.24, 2.45) is 5.16 Å². The van der Waals surface area contributed by atoms with Gasteiger partial charge in [-0.1, -0.05) is 35.5 Å². The van der Waals surface area contributed by atoms with Crippen LogP contribution >= 0.6 is 0 Å². The van der Waals surface area contributed by atoms with Crippen LogP contribution in [0.25, 0.3) is 0 Å². The summed E-state index contributed by atoms with van der Waals surface area (Å²) in [7, 11) is 4.71. The highest BCUT2D eigenvalue weighted by Gasteiger charge is 2.27. The molecule has 0 aliphatic carbocycles. The number of benzene rings is 2. The second-order valence-electron chi connectivity index (χ2n) is 6.73. The summed E-state index contributed by atoms with van der Waals surface area (Å²) in [6, 6.07) is 15.5. The minimum Gasteiger partial charge on any atom is -0.493 e. The van der Waals surface area contributed by atoms with Crippen LogP contribution in [0, 0.1) is 0 Å². The molecule has 1 aliphatic heterocycles. The molecule has 2 aromatic carbocycles. The van der Waals surface area contributed by atoms with Gasteiger partial charge in [0.25, 0.3) is 0 Å². The molecule has 0 aromatic heterocycles. The van der Waals surface area contributed by atoms with Crippen molar-refractivity contribution in [1.29, 1.82) is 0 Å². The van der Waals surface area contributed by atoms with E-state index in [2.05, 4.69) is 5.16 Å². The molecule has 1 aliphatic rings. The Bertz CT molecular complexity index is 854. The third-order valence-electron chi connectivity index (χ3n) is 4.71. The summed E-state index contributed by atoms with van der Waals surface area (Å²) in [5.74, 6) is 1.21. The smallest absolute Gasteiger partial charge is 0.248 e. The largest absolute Gasteiger partial charge is 0.493 e. The Hall–Kier alpha value is -3.06. The molecule has 1 amide bonds. The lowest BCUT2D eigenvalue weighted by molar-refractivity contribution is -0.137. The molecule has 0 saturated heterocycles. The van der Waals surface area contributed by atoms with E-state index < -0.39 is 0 Å². The van der Waals surface area contributed by atoms with Crippen LogP contribution in [0.15, 0.2) is 53.7 Å². The van der Waals surface area contributed by atoms with Gasteiger partial charge in [0.15, 0.2) is 17.6 Å². The topological polar surface area (TPSA) is 69.6 Å². The second kappa shape index (κ2) is 9.93. The van der Waals surface area contributed by atoms with Crippen LogP contribution in [-0.4, -0.2) is 57.1 Å². The van der Waals surface area contributed by atoms with Crippen molar-refractivity contribution in [3.05, 3.63) is 59.7 Å². The minimum absolute atomic E-state index is 0.0307. The van der Waals surface area contributed by atoms with Crippen LogP contribution in [0.4, 0.5) is 0 Å². The fourth-order valence-electron chi connectivity index (χ4n) is 3.23. The third-order valence-corrected chi connectivity index (χ3v) is 4.71. The SMILES string of the molecule is COCC(=O)N(Cc1ccccc1)C[C@@H]1CC(c2ccc(OC)c(OC)c2)=NO1. The fourth-order valence-corrected chi connectivity index (χ4v) is 3.23. The van der Waals surface area contributed by atoms with E-state index in [1.165, 1.54) is 7.11 Å². The van der Waals surface area contributed by atoms with Gasteiger partial charge >= 0.3 is 0 Å². The van der Waals surface area contributed by atoms with Gasteiger partial charge in [-0.15, -0.1) is 0 Å². The van der Waals surface area contributed by atoms with E-state index >= 15 is 0 Å². The first-order chi connectivity index (χ1) is 14.1. The molecule has 1 heterocycles. The fraction of sp³-hybridized carbons (Fsp3) is 0.364. The zero-order valence-electron chi connectivity index (χ0n) is 17.0. The van der Waals surface area contributed by atoms with Gasteiger partial charge in [-0.25, -0.2) is 0 Å². The molecular weight excluding hydrogens is 372 g/mol. The second-order valence-corrected chi connectivity index (χ2v) is 6.73. The average molecular weight is 398 g/mol. The number of hydrogen-bond donors (Lipinski definition) is 0. The molecule has 7 nitrogen and oxygen atoms in total. The first-order valence-electron chi connectivity index (χ1n) is 9.40. The summed E-state index contributed by atoms with van der Waals surface area (Å²) in [6.45, 7) is 0.953. The standard InChI is InChI=1S/C22H26N2O5/c1-26-15-22(25)24(13-16-7-5-4-6-8-16)14-18-12-19(23-29-18)17-9-10-20(27-2)21(11-17)28-3/h4-11,18H,12-15H2,1-3H3/t18-/m0/s1. The van der Waals surface area contributed by atoms with Gasteiger partial charge in [-0.05, 0) is 23.8 Å². The van der Waals surface area contributed by atoms with Gasteiger partial charge in [0.1, 0.15) is 6.61 Å². The molecule has 0 N–H and O–H groups in total. The third kappa shape index (κ3) is 5.26. The zero-order chi connectivity index (χ0) is 20.6. The quantitative estimate of drug-likeness (QED) is 0.650. The number of carbonyl (C=O) groups excluding carboxylic acids is 1. The normalized spacial score (nSPS) is 15.4. The first kappa shape index (κ1) is 20.7. The monoisotopic (exact) mass is 398 g/mol. The van der Waals surface area contributed by atoms with Gasteiger partial charge in [-0.2, -0.15) is 0 Å². The lowest BCUT2D eigenvalue weighted by Gasteiger charge is -2.24. The summed E-state index contributed by atoms with van der Waals surface area (Å²) in [5, 5.41) is 4.23. The predicted octanol–water partition coefficient (Wildman–Crippen LogP) is 2.87. The van der Waals surface area contributed by atoms with Gasteiger partial charge in [-0.3, -0.25) is 4.79 Å². The van der Waals surface area contributed by atoms with Gasteiger partial charge in [0, 0.05) is 25.6 Å². The maximum atomic E-state index is 12.5. The van der Waals surface area contributed by atoms with Crippen LogP contribution in [-0.2, 0) is 20.9 Å². The average Bonchev–Trinajstić information content (AvgIpc) is 3.22. The van der Waals surface area contributed by atoms with E-state index in [0.717, 1.165) is 16.8 Å². The number of amides is 1. The maximum Gasteiger partial charge on any atom is 0.248 e. The number of nitrogens with zero attached hydrogens (tertiary/aromatic N) is 2. The van der Waals surface area contributed by atoms with Crippen molar-refractivity contribution in [2.45, 2.75) is 19.1 Å². The molecule has 0 radical (unpaired) electrons. The van der Waals surface area contributed by atoms with Crippen LogP contribution in [0.3, 0.4) is 0 Å². The molecule has 3 rings (SSSR count). The van der Waals surface area contributed by atoms with Gasteiger partial charge in [0.2, 0.25) is 5.91 Å². The van der Waals surface area contributed by atoms with Crippen LogP contribution in [0.5, 0.6) is 11.5 Å². The Labute approximate surface area is 170 Å². The molecular formula is C22H26N2O5.